The first-order chi connectivity index (χ1) is 12.3. The summed E-state index contributed by atoms with van der Waals surface area (Å²) < 4.78 is 5.96. The summed E-state index contributed by atoms with van der Waals surface area (Å²) in [4.78, 5) is 2.40. The monoisotopic (exact) mass is 352 g/mol. The first kappa shape index (κ1) is 14.9. The molecule has 6 nitrogen and oxygen atoms in total. The average molecular weight is 352 g/mol. The molecule has 7 heteroatoms. The highest BCUT2D eigenvalue weighted by molar-refractivity contribution is 7.13. The van der Waals surface area contributed by atoms with Crippen LogP contribution in [0.2, 0.25) is 0 Å². The Hall–Kier alpha value is -2.35. The van der Waals surface area contributed by atoms with Gasteiger partial charge in [-0.1, -0.05) is 24.3 Å². The van der Waals surface area contributed by atoms with Crippen LogP contribution in [0, 0.1) is 0 Å². The van der Waals surface area contributed by atoms with Gasteiger partial charge in [0.15, 0.2) is 0 Å². The quantitative estimate of drug-likeness (QED) is 0.764. The molecule has 0 spiro atoms. The summed E-state index contributed by atoms with van der Waals surface area (Å²) >= 11 is 1.59. The zero-order chi connectivity index (χ0) is 16.8. The van der Waals surface area contributed by atoms with E-state index < -0.39 is 0 Å². The molecule has 3 heterocycles. The number of hydrogen-bond acceptors (Lipinski definition) is 7. The van der Waals surface area contributed by atoms with E-state index in [0.29, 0.717) is 0 Å². The summed E-state index contributed by atoms with van der Waals surface area (Å²) in [5, 5.41) is 7.87. The van der Waals surface area contributed by atoms with Crippen LogP contribution in [0.5, 0.6) is 0 Å². The van der Waals surface area contributed by atoms with Crippen LogP contribution in [0.1, 0.15) is 0 Å². The molecule has 128 valence electrons. The number of hydrazine groups is 3. The van der Waals surface area contributed by atoms with Gasteiger partial charge in [0.2, 0.25) is 0 Å². The van der Waals surface area contributed by atoms with Crippen molar-refractivity contribution in [2.75, 3.05) is 48.3 Å². The molecular formula is C18H20N6S. The van der Waals surface area contributed by atoms with E-state index in [1.807, 2.05) is 0 Å². The van der Waals surface area contributed by atoms with E-state index >= 15 is 0 Å². The number of piperazine rings is 1. The molecule has 2 aliphatic heterocycles. The lowest BCUT2D eigenvalue weighted by Gasteiger charge is -2.40. The van der Waals surface area contributed by atoms with Crippen molar-refractivity contribution in [2.45, 2.75) is 0 Å². The second-order valence-corrected chi connectivity index (χ2v) is 7.21. The smallest absolute Gasteiger partial charge is 0.150 e. The molecule has 0 amide bonds. The van der Waals surface area contributed by atoms with E-state index in [2.05, 4.69) is 81.1 Å². The van der Waals surface area contributed by atoms with Gasteiger partial charge in [0.25, 0.3) is 0 Å². The minimum atomic E-state index is 0.959. The van der Waals surface area contributed by atoms with E-state index in [1.165, 1.54) is 21.5 Å². The predicted octanol–water partition coefficient (Wildman–Crippen LogP) is 2.71. The highest BCUT2D eigenvalue weighted by Gasteiger charge is 2.30. The van der Waals surface area contributed by atoms with Crippen LogP contribution in [0.3, 0.4) is 0 Å². The molecule has 3 aromatic rings. The Morgan fingerprint density at radius 3 is 2.48 bits per heavy atom. The number of benzene rings is 2. The Labute approximate surface area is 150 Å². The average Bonchev–Trinajstić information content (AvgIpc) is 3.24. The summed E-state index contributed by atoms with van der Waals surface area (Å²) in [6.45, 7) is 3.86. The van der Waals surface area contributed by atoms with Crippen molar-refractivity contribution in [1.82, 2.24) is 14.9 Å². The predicted molar refractivity (Wildman–Crippen MR) is 104 cm³/mol. The van der Waals surface area contributed by atoms with E-state index in [4.69, 9.17) is 4.37 Å². The first-order valence-electron chi connectivity index (χ1n) is 8.55. The van der Waals surface area contributed by atoms with Crippen molar-refractivity contribution < 1.29 is 0 Å². The van der Waals surface area contributed by atoms with Crippen LogP contribution in [0.15, 0.2) is 48.5 Å². The lowest BCUT2D eigenvalue weighted by atomic mass is 10.2. The normalized spacial score (nSPS) is 18.2. The molecule has 1 aromatic heterocycles. The molecule has 0 radical (unpaired) electrons. The molecule has 25 heavy (non-hydrogen) atoms. The molecule has 2 aromatic carbocycles. The van der Waals surface area contributed by atoms with Crippen molar-refractivity contribution in [3.63, 3.8) is 0 Å². The van der Waals surface area contributed by atoms with Crippen LogP contribution in [-0.4, -0.2) is 42.6 Å². The van der Waals surface area contributed by atoms with Crippen LogP contribution in [0.25, 0.3) is 10.1 Å². The molecule has 5 rings (SSSR count). The fourth-order valence-electron chi connectivity index (χ4n) is 3.60. The molecule has 0 aliphatic carbocycles. The van der Waals surface area contributed by atoms with Crippen LogP contribution < -0.4 is 20.6 Å². The maximum atomic E-state index is 4.70. The maximum absolute atomic E-state index is 4.70. The van der Waals surface area contributed by atoms with Gasteiger partial charge < -0.3 is 4.90 Å². The molecule has 1 saturated heterocycles. The number of rotatable bonds is 2. The zero-order valence-corrected chi connectivity index (χ0v) is 14.9. The van der Waals surface area contributed by atoms with E-state index in [9.17, 15) is 0 Å². The first-order valence-corrected chi connectivity index (χ1v) is 9.32. The minimum absolute atomic E-state index is 0.959. The fourth-order valence-corrected chi connectivity index (χ4v) is 4.40. The van der Waals surface area contributed by atoms with Crippen LogP contribution in [-0.2, 0) is 0 Å². The highest BCUT2D eigenvalue weighted by atomic mass is 32.1. The Balaban J connectivity index is 1.34. The summed E-state index contributed by atoms with van der Waals surface area (Å²) in [7, 11) is 2.05. The minimum Gasteiger partial charge on any atom is -0.353 e. The van der Waals surface area contributed by atoms with E-state index in [1.54, 1.807) is 11.5 Å². The number of aromatic nitrogens is 1. The molecule has 0 saturated carbocycles. The molecule has 0 unspecified atom stereocenters. The molecule has 1 N–H and O–H groups in total. The SMILES string of the molecule is CN1NN(N2CCN(c3nsc4ccccc34)CC2)c2ccccc21. The van der Waals surface area contributed by atoms with Gasteiger partial charge in [-0.3, -0.25) is 5.01 Å². The van der Waals surface area contributed by atoms with Gasteiger partial charge in [-0.15, -0.1) is 5.53 Å². The Bertz CT molecular complexity index is 901. The third-order valence-electron chi connectivity index (χ3n) is 4.91. The third-order valence-corrected chi connectivity index (χ3v) is 5.73. The van der Waals surface area contributed by atoms with Crippen molar-refractivity contribution in [3.8, 4) is 0 Å². The van der Waals surface area contributed by atoms with Crippen LogP contribution >= 0.6 is 11.5 Å². The largest absolute Gasteiger partial charge is 0.353 e. The number of nitrogens with zero attached hydrogens (tertiary/aromatic N) is 5. The van der Waals surface area contributed by atoms with E-state index in [-0.39, 0.29) is 0 Å². The van der Waals surface area contributed by atoms with Crippen molar-refractivity contribution in [2.24, 2.45) is 0 Å². The maximum Gasteiger partial charge on any atom is 0.150 e. The number of nitrogens with one attached hydrogen (secondary N) is 1. The molecule has 0 atom stereocenters. The summed E-state index contributed by atoms with van der Waals surface area (Å²) in [6, 6.07) is 17.0. The highest BCUT2D eigenvalue weighted by Crippen LogP contribution is 2.34. The van der Waals surface area contributed by atoms with Crippen molar-refractivity contribution in [1.29, 1.82) is 0 Å². The van der Waals surface area contributed by atoms with Gasteiger partial charge in [-0.25, -0.2) is 10.1 Å². The van der Waals surface area contributed by atoms with Crippen LogP contribution in [0.4, 0.5) is 17.2 Å². The van der Waals surface area contributed by atoms with Crippen molar-refractivity contribution >= 4 is 38.8 Å². The number of hydrogen-bond donors (Lipinski definition) is 1. The van der Waals surface area contributed by atoms with Gasteiger partial charge in [-0.2, -0.15) is 4.37 Å². The zero-order valence-electron chi connectivity index (χ0n) is 14.1. The van der Waals surface area contributed by atoms with Gasteiger partial charge in [0.1, 0.15) is 5.82 Å². The fraction of sp³-hybridized carbons (Fsp3) is 0.278. The molecule has 1 fully saturated rings. The number of para-hydroxylation sites is 2. The standard InChI is InChI=1S/C18H20N6S/c1-21-15-7-3-4-8-16(15)24(20-21)23-12-10-22(11-13-23)18-14-6-2-5-9-17(14)25-19-18/h2-9,20H,10-13H2,1H3. The van der Waals surface area contributed by atoms with E-state index in [0.717, 1.165) is 32.0 Å². The summed E-state index contributed by atoms with van der Waals surface area (Å²) in [6.07, 6.45) is 0. The third kappa shape index (κ3) is 2.43. The number of fused-ring (bicyclic) bond motifs is 2. The summed E-state index contributed by atoms with van der Waals surface area (Å²) in [5.41, 5.74) is 5.84. The van der Waals surface area contributed by atoms with Gasteiger partial charge in [-0.05, 0) is 35.8 Å². The Morgan fingerprint density at radius 1 is 0.920 bits per heavy atom. The second-order valence-electron chi connectivity index (χ2n) is 6.40. The second kappa shape index (κ2) is 5.87. The van der Waals surface area contributed by atoms with Gasteiger partial charge in [0.05, 0.1) is 16.1 Å². The molecule has 0 bridgehead atoms. The van der Waals surface area contributed by atoms with Gasteiger partial charge in [0, 0.05) is 38.6 Å². The molecule has 2 aliphatic rings. The lowest BCUT2D eigenvalue weighted by Crippen LogP contribution is -2.59. The number of anilines is 3. The summed E-state index contributed by atoms with van der Waals surface area (Å²) in [5.74, 6) is 1.13. The lowest BCUT2D eigenvalue weighted by molar-refractivity contribution is 0.212. The Kier molecular flexibility index (Phi) is 3.51. The molecular weight excluding hydrogens is 332 g/mol. The topological polar surface area (TPSA) is 37.9 Å². The van der Waals surface area contributed by atoms with Gasteiger partial charge >= 0.3 is 0 Å². The van der Waals surface area contributed by atoms with Crippen molar-refractivity contribution in [3.05, 3.63) is 48.5 Å². The Morgan fingerprint density at radius 2 is 1.64 bits per heavy atom.